The minimum Gasteiger partial charge on any atom is -0.393 e. The lowest BCUT2D eigenvalue weighted by Gasteiger charge is -2.39. The van der Waals surface area contributed by atoms with Crippen molar-refractivity contribution in [1.82, 2.24) is 0 Å². The summed E-state index contributed by atoms with van der Waals surface area (Å²) in [5.41, 5.74) is -0.230. The molecule has 2 atom stereocenters. The van der Waals surface area contributed by atoms with Crippen molar-refractivity contribution in [3.8, 4) is 0 Å². The van der Waals surface area contributed by atoms with Crippen LogP contribution >= 0.6 is 0 Å². The summed E-state index contributed by atoms with van der Waals surface area (Å²) < 4.78 is 0. The van der Waals surface area contributed by atoms with Crippen LogP contribution in [0.3, 0.4) is 0 Å². The van der Waals surface area contributed by atoms with Crippen LogP contribution in [0.2, 0.25) is 18.1 Å². The second-order valence-electron chi connectivity index (χ2n) is 6.19. The number of rotatable bonds is 4. The highest BCUT2D eigenvalue weighted by Gasteiger charge is 2.40. The maximum Gasteiger partial charge on any atom is 0.0914 e. The van der Waals surface area contributed by atoms with Gasteiger partial charge in [-0.25, -0.2) is 0 Å². The highest BCUT2D eigenvalue weighted by Crippen LogP contribution is 2.38. The van der Waals surface area contributed by atoms with E-state index in [1.807, 2.05) is 6.08 Å². The van der Waals surface area contributed by atoms with Crippen molar-refractivity contribution in [3.05, 3.63) is 12.2 Å². The summed E-state index contributed by atoms with van der Waals surface area (Å²) in [6, 6.07) is 0. The van der Waals surface area contributed by atoms with Crippen molar-refractivity contribution in [1.29, 1.82) is 0 Å². The van der Waals surface area contributed by atoms with Crippen LogP contribution in [0.25, 0.3) is 0 Å². The Bertz CT molecular complexity index is 213. The molecule has 0 amide bonds. The topological polar surface area (TPSA) is 20.2 Å². The summed E-state index contributed by atoms with van der Waals surface area (Å²) in [6.07, 6.45) is 5.32. The molecule has 0 fully saturated rings. The summed E-state index contributed by atoms with van der Waals surface area (Å²) in [6.45, 7) is 15.6. The van der Waals surface area contributed by atoms with E-state index in [0.29, 0.717) is 5.92 Å². The molecular weight excluding hydrogens is 200 g/mol. The average molecular weight is 228 g/mol. The first-order valence-corrected chi connectivity index (χ1v) is 9.07. The van der Waals surface area contributed by atoms with E-state index in [1.54, 1.807) is 0 Å². The summed E-state index contributed by atoms with van der Waals surface area (Å²) in [5.74, 6) is 0.574. The van der Waals surface area contributed by atoms with Gasteiger partial charge in [0.1, 0.15) is 0 Å². The van der Waals surface area contributed by atoms with Gasteiger partial charge >= 0.3 is 0 Å². The molecule has 0 aliphatic rings. The van der Waals surface area contributed by atoms with E-state index in [-0.39, 0.29) is 10.8 Å². The van der Waals surface area contributed by atoms with Crippen LogP contribution in [-0.4, -0.2) is 18.9 Å². The van der Waals surface area contributed by atoms with Crippen molar-refractivity contribution in [2.75, 3.05) is 0 Å². The lowest BCUT2D eigenvalue weighted by atomic mass is 10.1. The quantitative estimate of drug-likeness (QED) is 0.570. The summed E-state index contributed by atoms with van der Waals surface area (Å²) in [5, 5.41) is 10.5. The van der Waals surface area contributed by atoms with Gasteiger partial charge < -0.3 is 5.11 Å². The third-order valence-electron chi connectivity index (χ3n) is 3.94. The number of hydrogen-bond donors (Lipinski definition) is 1. The van der Waals surface area contributed by atoms with Crippen LogP contribution in [0.5, 0.6) is 0 Å². The standard InChI is InChI=1S/C13H28OSi/c1-8-11(2)9-10-12(14)15(6,7)13(3,4)5/h9-12,14H,8H2,1-7H3/b10-9-. The van der Waals surface area contributed by atoms with E-state index in [9.17, 15) is 5.11 Å². The van der Waals surface area contributed by atoms with Crippen LogP contribution in [0.15, 0.2) is 12.2 Å². The predicted octanol–water partition coefficient (Wildman–Crippen LogP) is 4.00. The second kappa shape index (κ2) is 5.31. The molecule has 2 unspecified atom stereocenters. The maximum atomic E-state index is 10.2. The smallest absolute Gasteiger partial charge is 0.0914 e. The van der Waals surface area contributed by atoms with Gasteiger partial charge in [0.15, 0.2) is 0 Å². The molecule has 15 heavy (non-hydrogen) atoms. The highest BCUT2D eigenvalue weighted by atomic mass is 28.3. The molecule has 1 nitrogen and oxygen atoms in total. The van der Waals surface area contributed by atoms with Gasteiger partial charge in [-0.3, -0.25) is 0 Å². The normalized spacial score (nSPS) is 18.1. The van der Waals surface area contributed by atoms with Gasteiger partial charge in [-0.1, -0.05) is 66.3 Å². The number of allylic oxidation sites excluding steroid dienone is 1. The fraction of sp³-hybridized carbons (Fsp3) is 0.846. The van der Waals surface area contributed by atoms with Gasteiger partial charge in [0.2, 0.25) is 0 Å². The molecule has 0 aromatic rings. The van der Waals surface area contributed by atoms with E-state index in [1.165, 1.54) is 0 Å². The van der Waals surface area contributed by atoms with Crippen molar-refractivity contribution >= 4 is 8.07 Å². The lowest BCUT2D eigenvalue weighted by molar-refractivity contribution is 0.283. The molecule has 0 aliphatic carbocycles. The average Bonchev–Trinajstić information content (AvgIpc) is 2.11. The first-order valence-electron chi connectivity index (χ1n) is 5.99. The van der Waals surface area contributed by atoms with Crippen molar-refractivity contribution < 1.29 is 5.11 Å². The third kappa shape index (κ3) is 4.11. The fourth-order valence-corrected chi connectivity index (χ4v) is 2.59. The van der Waals surface area contributed by atoms with Crippen molar-refractivity contribution in [3.63, 3.8) is 0 Å². The summed E-state index contributed by atoms with van der Waals surface area (Å²) >= 11 is 0. The maximum absolute atomic E-state index is 10.2. The largest absolute Gasteiger partial charge is 0.393 e. The third-order valence-corrected chi connectivity index (χ3v) is 9.48. The minimum absolute atomic E-state index is 0.230. The molecule has 0 aromatic heterocycles. The first kappa shape index (κ1) is 14.9. The van der Waals surface area contributed by atoms with Gasteiger partial charge in [-0.15, -0.1) is 0 Å². The Balaban J connectivity index is 4.58. The molecule has 90 valence electrons. The monoisotopic (exact) mass is 228 g/mol. The number of aliphatic hydroxyl groups is 1. The van der Waals surface area contributed by atoms with Crippen LogP contribution in [-0.2, 0) is 0 Å². The van der Waals surface area contributed by atoms with Crippen LogP contribution in [0, 0.1) is 5.92 Å². The highest BCUT2D eigenvalue weighted by molar-refractivity contribution is 6.81. The Morgan fingerprint density at radius 2 is 1.67 bits per heavy atom. The minimum atomic E-state index is -1.62. The molecule has 0 heterocycles. The molecule has 0 aromatic carbocycles. The van der Waals surface area contributed by atoms with Gasteiger partial charge in [-0.2, -0.15) is 0 Å². The van der Waals surface area contributed by atoms with Crippen LogP contribution in [0.4, 0.5) is 0 Å². The Kier molecular flexibility index (Phi) is 5.28. The molecule has 1 N–H and O–H groups in total. The molecule has 0 saturated heterocycles. The van der Waals surface area contributed by atoms with Crippen molar-refractivity contribution in [2.24, 2.45) is 5.92 Å². The van der Waals surface area contributed by atoms with E-state index in [4.69, 9.17) is 0 Å². The SMILES string of the molecule is CCC(C)/C=C\C(O)[Si](C)(C)C(C)(C)C. The van der Waals surface area contributed by atoms with Gasteiger partial charge in [0.05, 0.1) is 13.8 Å². The van der Waals surface area contributed by atoms with Crippen LogP contribution < -0.4 is 0 Å². The molecular formula is C13H28OSi. The van der Waals surface area contributed by atoms with Gasteiger partial charge in [0.25, 0.3) is 0 Å². The zero-order valence-corrected chi connectivity index (χ0v) is 12.5. The fourth-order valence-electron chi connectivity index (χ4n) is 1.12. The molecule has 2 heteroatoms. The van der Waals surface area contributed by atoms with Gasteiger partial charge in [-0.05, 0) is 11.0 Å². The van der Waals surface area contributed by atoms with Crippen LogP contribution in [0.1, 0.15) is 41.0 Å². The number of hydrogen-bond acceptors (Lipinski definition) is 1. The Morgan fingerprint density at radius 1 is 1.20 bits per heavy atom. The van der Waals surface area contributed by atoms with E-state index < -0.39 is 8.07 Å². The first-order chi connectivity index (χ1) is 6.63. The number of aliphatic hydroxyl groups excluding tert-OH is 1. The van der Waals surface area contributed by atoms with E-state index >= 15 is 0 Å². The zero-order valence-electron chi connectivity index (χ0n) is 11.5. The zero-order chi connectivity index (χ0) is 12.3. The summed E-state index contributed by atoms with van der Waals surface area (Å²) in [4.78, 5) is 0. The molecule has 0 aliphatic heterocycles. The molecule has 0 rings (SSSR count). The Morgan fingerprint density at radius 3 is 2.00 bits per heavy atom. The second-order valence-corrected chi connectivity index (χ2v) is 11.7. The Hall–Kier alpha value is -0.0831. The molecule has 0 bridgehead atoms. The Labute approximate surface area is 96.6 Å². The molecule has 0 saturated carbocycles. The van der Waals surface area contributed by atoms with Gasteiger partial charge in [0, 0.05) is 0 Å². The predicted molar refractivity (Wildman–Crippen MR) is 71.8 cm³/mol. The molecule has 0 spiro atoms. The molecule has 0 radical (unpaired) electrons. The van der Waals surface area contributed by atoms with E-state index in [2.05, 4.69) is 53.8 Å². The summed E-state index contributed by atoms with van der Waals surface area (Å²) in [7, 11) is -1.62. The van der Waals surface area contributed by atoms with E-state index in [0.717, 1.165) is 6.42 Å². The van der Waals surface area contributed by atoms with Crippen molar-refractivity contribution in [2.45, 2.75) is 64.9 Å². The lowest BCUT2D eigenvalue weighted by Crippen LogP contribution is -2.48.